The second kappa shape index (κ2) is 7.83. The van der Waals surface area contributed by atoms with Crippen LogP contribution in [0.3, 0.4) is 0 Å². The Morgan fingerprint density at radius 2 is 1.75 bits per heavy atom. The first-order valence-electron chi connectivity index (χ1n) is 9.78. The van der Waals surface area contributed by atoms with Gasteiger partial charge in [-0.1, -0.05) is 30.3 Å². The summed E-state index contributed by atoms with van der Waals surface area (Å²) in [7, 11) is -3.47. The van der Waals surface area contributed by atoms with Crippen LogP contribution in [-0.2, 0) is 29.3 Å². The van der Waals surface area contributed by atoms with E-state index in [4.69, 9.17) is 0 Å². The molecule has 28 heavy (non-hydrogen) atoms. The van der Waals surface area contributed by atoms with Crippen LogP contribution in [0, 0.1) is 0 Å². The van der Waals surface area contributed by atoms with E-state index in [0.717, 1.165) is 42.6 Å². The van der Waals surface area contributed by atoms with E-state index in [1.54, 1.807) is 0 Å². The van der Waals surface area contributed by atoms with Crippen LogP contribution in [0.1, 0.15) is 29.5 Å². The van der Waals surface area contributed by atoms with Gasteiger partial charge in [0.25, 0.3) is 0 Å². The normalized spacial score (nSPS) is 15.6. The van der Waals surface area contributed by atoms with Crippen LogP contribution in [0.25, 0.3) is 0 Å². The largest absolute Gasteiger partial charge is 0.337 e. The molecule has 2 N–H and O–H groups in total. The van der Waals surface area contributed by atoms with Crippen molar-refractivity contribution in [2.45, 2.75) is 32.1 Å². The van der Waals surface area contributed by atoms with Crippen molar-refractivity contribution in [2.75, 3.05) is 28.5 Å². The average molecular weight is 400 g/mol. The third-order valence-electron chi connectivity index (χ3n) is 5.47. The Kier molecular flexibility index (Phi) is 5.26. The Bertz CT molecular complexity index is 988. The minimum Gasteiger partial charge on any atom is -0.337 e. The van der Waals surface area contributed by atoms with Crippen LogP contribution >= 0.6 is 0 Å². The molecule has 0 bridgehead atoms. The maximum Gasteiger partial charge on any atom is 0.319 e. The van der Waals surface area contributed by atoms with E-state index < -0.39 is 10.0 Å². The van der Waals surface area contributed by atoms with Crippen molar-refractivity contribution in [3.05, 3.63) is 59.2 Å². The number of hydrogen-bond acceptors (Lipinski definition) is 3. The fourth-order valence-corrected chi connectivity index (χ4v) is 5.49. The molecule has 2 aromatic rings. The highest BCUT2D eigenvalue weighted by Gasteiger charge is 2.28. The zero-order valence-electron chi connectivity index (χ0n) is 15.8. The molecule has 0 aromatic heterocycles. The zero-order chi connectivity index (χ0) is 19.6. The minimum atomic E-state index is -3.47. The molecule has 2 aromatic carbocycles. The molecule has 0 radical (unpaired) electrons. The monoisotopic (exact) mass is 399 g/mol. The molecule has 4 rings (SSSR count). The lowest BCUT2D eigenvalue weighted by molar-refractivity contribution is 0.252. The molecule has 0 spiro atoms. The number of nitrogens with one attached hydrogen (secondary N) is 2. The van der Waals surface area contributed by atoms with Gasteiger partial charge in [-0.05, 0) is 60.9 Å². The summed E-state index contributed by atoms with van der Waals surface area (Å²) in [6.45, 7) is 0.534. The summed E-state index contributed by atoms with van der Waals surface area (Å²) < 4.78 is 26.8. The van der Waals surface area contributed by atoms with Crippen molar-refractivity contribution in [3.63, 3.8) is 0 Å². The fourth-order valence-electron chi connectivity index (χ4n) is 4.07. The lowest BCUT2D eigenvalue weighted by atomic mass is 9.90. The number of anilines is 2. The number of carbonyl (C=O) groups excluding carboxylic acids is 1. The summed E-state index contributed by atoms with van der Waals surface area (Å²) in [4.78, 5) is 12.3. The number of para-hydroxylation sites is 1. The second-order valence-electron chi connectivity index (χ2n) is 7.30. The van der Waals surface area contributed by atoms with E-state index in [0.29, 0.717) is 6.54 Å². The van der Waals surface area contributed by atoms with Gasteiger partial charge in [0.2, 0.25) is 10.0 Å². The standard InChI is InChI=1S/C21H25N3O3S/c25-21(23-19-10-5-8-16-6-1-3-9-18(16)19)22-13-15-28(26,27)24-14-12-17-7-2-4-11-20(17)24/h2,4-5,7-8,10-11H,1,3,6,9,12-15H2,(H2,22,23,25). The predicted molar refractivity (Wildman–Crippen MR) is 111 cm³/mol. The summed E-state index contributed by atoms with van der Waals surface area (Å²) in [5, 5.41) is 5.57. The van der Waals surface area contributed by atoms with Crippen molar-refractivity contribution in [1.29, 1.82) is 0 Å². The molecule has 0 atom stereocenters. The first-order chi connectivity index (χ1) is 13.5. The summed E-state index contributed by atoms with van der Waals surface area (Å²) in [6.07, 6.45) is 5.04. The average Bonchev–Trinajstić information content (AvgIpc) is 3.13. The number of hydrogen-bond donors (Lipinski definition) is 2. The van der Waals surface area contributed by atoms with Crippen molar-refractivity contribution in [3.8, 4) is 0 Å². The number of sulfonamides is 1. The van der Waals surface area contributed by atoms with Gasteiger partial charge in [-0.15, -0.1) is 0 Å². The molecular weight excluding hydrogens is 374 g/mol. The maximum atomic E-state index is 12.7. The Morgan fingerprint density at radius 3 is 2.64 bits per heavy atom. The lowest BCUT2D eigenvalue weighted by Crippen LogP contribution is -2.38. The zero-order valence-corrected chi connectivity index (χ0v) is 16.6. The van der Waals surface area contributed by atoms with Crippen LogP contribution in [0.5, 0.6) is 0 Å². The van der Waals surface area contributed by atoms with E-state index in [1.807, 2.05) is 36.4 Å². The number of benzene rings is 2. The third kappa shape index (κ3) is 3.85. The molecule has 2 amide bonds. The molecule has 7 heteroatoms. The molecular formula is C21H25N3O3S. The first-order valence-corrected chi connectivity index (χ1v) is 11.4. The van der Waals surface area contributed by atoms with Gasteiger partial charge in [-0.25, -0.2) is 13.2 Å². The van der Waals surface area contributed by atoms with Crippen molar-refractivity contribution >= 4 is 27.4 Å². The van der Waals surface area contributed by atoms with E-state index in [2.05, 4.69) is 16.7 Å². The quantitative estimate of drug-likeness (QED) is 0.811. The Labute approximate surface area is 166 Å². The summed E-state index contributed by atoms with van der Waals surface area (Å²) >= 11 is 0. The highest BCUT2D eigenvalue weighted by molar-refractivity contribution is 7.92. The number of aryl methyl sites for hydroxylation is 1. The van der Waals surface area contributed by atoms with E-state index in [1.165, 1.54) is 21.9 Å². The summed E-state index contributed by atoms with van der Waals surface area (Å²) in [5.74, 6) is -0.123. The molecule has 0 saturated heterocycles. The molecule has 1 aliphatic heterocycles. The topological polar surface area (TPSA) is 78.5 Å². The third-order valence-corrected chi connectivity index (χ3v) is 7.24. The Hall–Kier alpha value is -2.54. The number of carbonyl (C=O) groups is 1. The number of amides is 2. The van der Waals surface area contributed by atoms with Gasteiger partial charge in [-0.3, -0.25) is 4.31 Å². The van der Waals surface area contributed by atoms with Crippen LogP contribution in [0.2, 0.25) is 0 Å². The van der Waals surface area contributed by atoms with Crippen LogP contribution in [-0.4, -0.2) is 33.3 Å². The number of rotatable bonds is 5. The van der Waals surface area contributed by atoms with Gasteiger partial charge < -0.3 is 10.6 Å². The van der Waals surface area contributed by atoms with Gasteiger partial charge in [0.1, 0.15) is 0 Å². The molecule has 0 unspecified atom stereocenters. The highest BCUT2D eigenvalue weighted by atomic mass is 32.2. The van der Waals surface area contributed by atoms with Crippen molar-refractivity contribution < 1.29 is 13.2 Å². The van der Waals surface area contributed by atoms with Gasteiger partial charge >= 0.3 is 6.03 Å². The number of fused-ring (bicyclic) bond motifs is 2. The predicted octanol–water partition coefficient (Wildman–Crippen LogP) is 3.08. The van der Waals surface area contributed by atoms with Crippen LogP contribution in [0.15, 0.2) is 42.5 Å². The fraction of sp³-hybridized carbons (Fsp3) is 0.381. The summed E-state index contributed by atoms with van der Waals surface area (Å²) in [6, 6.07) is 13.2. The van der Waals surface area contributed by atoms with Crippen molar-refractivity contribution in [2.24, 2.45) is 0 Å². The number of urea groups is 1. The molecule has 148 valence electrons. The van der Waals surface area contributed by atoms with Gasteiger partial charge in [0.05, 0.1) is 11.4 Å². The molecule has 0 fully saturated rings. The van der Waals surface area contributed by atoms with Gasteiger partial charge in [0, 0.05) is 18.8 Å². The summed E-state index contributed by atoms with van der Waals surface area (Å²) in [5.41, 5.74) is 5.11. The van der Waals surface area contributed by atoms with Crippen LogP contribution in [0.4, 0.5) is 16.2 Å². The second-order valence-corrected chi connectivity index (χ2v) is 9.31. The van der Waals surface area contributed by atoms with Crippen LogP contribution < -0.4 is 14.9 Å². The Morgan fingerprint density at radius 1 is 0.964 bits per heavy atom. The smallest absolute Gasteiger partial charge is 0.319 e. The molecule has 1 aliphatic carbocycles. The maximum absolute atomic E-state index is 12.7. The Balaban J connectivity index is 1.34. The SMILES string of the molecule is O=C(NCCS(=O)(=O)N1CCc2ccccc21)Nc1cccc2c1CCCC2. The molecule has 0 saturated carbocycles. The van der Waals surface area contributed by atoms with E-state index >= 15 is 0 Å². The van der Waals surface area contributed by atoms with Crippen molar-refractivity contribution in [1.82, 2.24) is 5.32 Å². The lowest BCUT2D eigenvalue weighted by Gasteiger charge is -2.21. The van der Waals surface area contributed by atoms with E-state index in [-0.39, 0.29) is 18.3 Å². The highest BCUT2D eigenvalue weighted by Crippen LogP contribution is 2.30. The molecule has 6 nitrogen and oxygen atoms in total. The van der Waals surface area contributed by atoms with Gasteiger partial charge in [-0.2, -0.15) is 0 Å². The van der Waals surface area contributed by atoms with Gasteiger partial charge in [0.15, 0.2) is 0 Å². The van der Waals surface area contributed by atoms with E-state index in [9.17, 15) is 13.2 Å². The molecule has 1 heterocycles. The number of nitrogens with zero attached hydrogens (tertiary/aromatic N) is 1. The minimum absolute atomic E-state index is 0.0713. The molecule has 2 aliphatic rings. The first kappa shape index (κ1) is 18.8.